The minimum Gasteiger partial charge on any atom is -0.490 e. The van der Waals surface area contributed by atoms with Crippen molar-refractivity contribution in [3.63, 3.8) is 0 Å². The van der Waals surface area contributed by atoms with Crippen molar-refractivity contribution in [2.24, 2.45) is 4.99 Å². The number of esters is 1. The third-order valence-electron chi connectivity index (χ3n) is 5.32. The van der Waals surface area contributed by atoms with Crippen molar-refractivity contribution in [1.29, 1.82) is 0 Å². The number of nitrogens with zero attached hydrogens (tertiary/aromatic N) is 2. The van der Waals surface area contributed by atoms with E-state index in [-0.39, 0.29) is 23.8 Å². The first-order chi connectivity index (χ1) is 16.7. The molecule has 0 spiro atoms. The second-order valence-corrected chi connectivity index (χ2v) is 9.65. The SMILES string of the molecule is CCOC(=O)C1=C(C)N=c2s/c(=C\c3cc(Cl)ccc3OC(C)C)c(=O)n2[C@@H]1c1ccc(F)cc1. The molecule has 0 fully saturated rings. The molecule has 0 unspecified atom stereocenters. The van der Waals surface area contributed by atoms with Crippen LogP contribution in [0.1, 0.15) is 44.9 Å². The molecule has 35 heavy (non-hydrogen) atoms. The smallest absolute Gasteiger partial charge is 0.338 e. The number of rotatable bonds is 6. The normalized spacial score (nSPS) is 15.7. The van der Waals surface area contributed by atoms with Gasteiger partial charge in [-0.1, -0.05) is 35.1 Å². The lowest BCUT2D eigenvalue weighted by Gasteiger charge is -2.24. The molecule has 182 valence electrons. The number of thiazole rings is 1. The quantitative estimate of drug-likeness (QED) is 0.458. The molecule has 0 radical (unpaired) electrons. The van der Waals surface area contributed by atoms with E-state index in [2.05, 4.69) is 4.99 Å². The van der Waals surface area contributed by atoms with Crippen LogP contribution in [0.4, 0.5) is 4.39 Å². The average Bonchev–Trinajstić information content (AvgIpc) is 3.09. The molecule has 0 saturated heterocycles. The van der Waals surface area contributed by atoms with E-state index in [9.17, 15) is 14.0 Å². The van der Waals surface area contributed by atoms with Crippen molar-refractivity contribution in [3.8, 4) is 5.75 Å². The van der Waals surface area contributed by atoms with Gasteiger partial charge in [-0.25, -0.2) is 14.2 Å². The first-order valence-corrected chi connectivity index (χ1v) is 12.3. The highest BCUT2D eigenvalue weighted by atomic mass is 35.5. The van der Waals surface area contributed by atoms with Gasteiger partial charge in [0.1, 0.15) is 11.6 Å². The van der Waals surface area contributed by atoms with Crippen LogP contribution in [0.25, 0.3) is 6.08 Å². The number of fused-ring (bicyclic) bond motifs is 1. The summed E-state index contributed by atoms with van der Waals surface area (Å²) in [5.41, 5.74) is 1.56. The molecule has 0 aliphatic carbocycles. The summed E-state index contributed by atoms with van der Waals surface area (Å²) in [6, 6.07) is 10.1. The van der Waals surface area contributed by atoms with Gasteiger partial charge in [-0.15, -0.1) is 0 Å². The predicted molar refractivity (Wildman–Crippen MR) is 134 cm³/mol. The summed E-state index contributed by atoms with van der Waals surface area (Å²) in [5.74, 6) is -0.397. The molecule has 2 heterocycles. The molecule has 1 aliphatic heterocycles. The summed E-state index contributed by atoms with van der Waals surface area (Å²) >= 11 is 7.41. The van der Waals surface area contributed by atoms with Crippen LogP contribution in [-0.4, -0.2) is 23.2 Å². The molecule has 0 saturated carbocycles. The standard InChI is InChI=1S/C26H24ClFN2O4S/c1-5-33-25(32)22-15(4)29-26-30(23(22)16-6-9-19(28)10-7-16)24(31)21(35-26)13-17-12-18(27)8-11-20(17)34-14(2)3/h6-14,23H,5H2,1-4H3/b21-13-/t23-/m1/s1. The maximum atomic E-state index is 13.7. The Morgan fingerprint density at radius 2 is 1.97 bits per heavy atom. The first kappa shape index (κ1) is 24.9. The number of allylic oxidation sites excluding steroid dienone is 1. The van der Waals surface area contributed by atoms with Crippen LogP contribution in [0.5, 0.6) is 5.75 Å². The number of ether oxygens (including phenoxy) is 2. The number of carbonyl (C=O) groups is 1. The molecule has 0 bridgehead atoms. The number of hydrogen-bond acceptors (Lipinski definition) is 6. The zero-order chi connectivity index (χ0) is 25.3. The van der Waals surface area contributed by atoms with E-state index in [0.29, 0.717) is 36.9 Å². The molecule has 0 amide bonds. The van der Waals surface area contributed by atoms with Gasteiger partial charge in [-0.05, 0) is 69.7 Å². The Bertz CT molecular complexity index is 1490. The molecule has 6 nitrogen and oxygen atoms in total. The van der Waals surface area contributed by atoms with Crippen LogP contribution in [0.3, 0.4) is 0 Å². The second-order valence-electron chi connectivity index (χ2n) is 8.20. The lowest BCUT2D eigenvalue weighted by atomic mass is 9.96. The monoisotopic (exact) mass is 514 g/mol. The summed E-state index contributed by atoms with van der Waals surface area (Å²) in [5, 5.41) is 0.504. The fourth-order valence-corrected chi connectivity index (χ4v) is 5.10. The van der Waals surface area contributed by atoms with Crippen LogP contribution in [0, 0.1) is 5.82 Å². The Morgan fingerprint density at radius 3 is 2.63 bits per heavy atom. The minimum atomic E-state index is -0.807. The zero-order valence-electron chi connectivity index (χ0n) is 19.7. The summed E-state index contributed by atoms with van der Waals surface area (Å²) in [4.78, 5) is 31.5. The Morgan fingerprint density at radius 1 is 1.26 bits per heavy atom. The van der Waals surface area contributed by atoms with Crippen molar-refractivity contribution in [1.82, 2.24) is 4.57 Å². The molecule has 4 rings (SSSR count). The number of halogens is 2. The van der Waals surface area contributed by atoms with Gasteiger partial charge in [-0.2, -0.15) is 0 Å². The maximum absolute atomic E-state index is 13.7. The summed E-state index contributed by atoms with van der Waals surface area (Å²) < 4.78 is 26.7. The summed E-state index contributed by atoms with van der Waals surface area (Å²) in [6.45, 7) is 7.40. The van der Waals surface area contributed by atoms with E-state index in [0.717, 1.165) is 0 Å². The van der Waals surface area contributed by atoms with Crippen LogP contribution in [0.15, 0.2) is 63.5 Å². The fourth-order valence-electron chi connectivity index (χ4n) is 3.89. The van der Waals surface area contributed by atoms with Crippen molar-refractivity contribution in [2.45, 2.75) is 39.8 Å². The topological polar surface area (TPSA) is 69.9 Å². The van der Waals surface area contributed by atoms with E-state index >= 15 is 0 Å². The second kappa shape index (κ2) is 10.2. The van der Waals surface area contributed by atoms with Crippen molar-refractivity contribution in [2.75, 3.05) is 6.61 Å². The van der Waals surface area contributed by atoms with Crippen LogP contribution in [0.2, 0.25) is 5.02 Å². The summed E-state index contributed by atoms with van der Waals surface area (Å²) in [7, 11) is 0. The number of benzene rings is 2. The zero-order valence-corrected chi connectivity index (χ0v) is 21.2. The average molecular weight is 515 g/mol. The Hall–Kier alpha value is -3.23. The van der Waals surface area contributed by atoms with Crippen LogP contribution in [-0.2, 0) is 9.53 Å². The Balaban J connectivity index is 1.95. The highest BCUT2D eigenvalue weighted by Gasteiger charge is 2.33. The van der Waals surface area contributed by atoms with Gasteiger partial charge < -0.3 is 9.47 Å². The van der Waals surface area contributed by atoms with E-state index in [1.165, 1.54) is 28.0 Å². The highest BCUT2D eigenvalue weighted by molar-refractivity contribution is 7.07. The fraction of sp³-hybridized carbons (Fsp3) is 0.269. The summed E-state index contributed by atoms with van der Waals surface area (Å²) in [6.07, 6.45) is 1.64. The predicted octanol–water partition coefficient (Wildman–Crippen LogP) is 4.38. The lowest BCUT2D eigenvalue weighted by molar-refractivity contribution is -0.139. The van der Waals surface area contributed by atoms with Gasteiger partial charge >= 0.3 is 5.97 Å². The molecular formula is C26H24ClFN2O4S. The van der Waals surface area contributed by atoms with Crippen molar-refractivity contribution < 1.29 is 18.7 Å². The van der Waals surface area contributed by atoms with E-state index in [1.807, 2.05) is 13.8 Å². The minimum absolute atomic E-state index is 0.0715. The van der Waals surface area contributed by atoms with Crippen molar-refractivity contribution in [3.05, 3.63) is 95.4 Å². The molecule has 2 aromatic carbocycles. The third kappa shape index (κ3) is 5.09. The molecule has 1 aromatic heterocycles. The van der Waals surface area contributed by atoms with Gasteiger partial charge in [0, 0.05) is 10.6 Å². The van der Waals surface area contributed by atoms with Gasteiger partial charge in [-0.3, -0.25) is 9.36 Å². The lowest BCUT2D eigenvalue weighted by Crippen LogP contribution is -2.39. The van der Waals surface area contributed by atoms with E-state index < -0.39 is 17.8 Å². The van der Waals surface area contributed by atoms with E-state index in [4.69, 9.17) is 21.1 Å². The van der Waals surface area contributed by atoms with Gasteiger partial charge in [0.05, 0.1) is 34.6 Å². The van der Waals surface area contributed by atoms with Gasteiger partial charge in [0.15, 0.2) is 4.80 Å². The highest BCUT2D eigenvalue weighted by Crippen LogP contribution is 2.31. The number of hydrogen-bond donors (Lipinski definition) is 0. The number of carbonyl (C=O) groups excluding carboxylic acids is 1. The van der Waals surface area contributed by atoms with Gasteiger partial charge in [0.25, 0.3) is 5.56 Å². The van der Waals surface area contributed by atoms with Crippen LogP contribution < -0.4 is 19.6 Å². The van der Waals surface area contributed by atoms with E-state index in [1.54, 1.807) is 50.3 Å². The molecule has 0 N–H and O–H groups in total. The molecule has 3 aromatic rings. The first-order valence-electron chi connectivity index (χ1n) is 11.1. The Kier molecular flexibility index (Phi) is 7.23. The number of aromatic nitrogens is 1. The molecule has 1 aliphatic rings. The Labute approximate surface area is 210 Å². The molecule has 1 atom stereocenters. The van der Waals surface area contributed by atoms with Crippen LogP contribution >= 0.6 is 22.9 Å². The maximum Gasteiger partial charge on any atom is 0.338 e. The molecular weight excluding hydrogens is 491 g/mol. The molecule has 9 heteroatoms. The van der Waals surface area contributed by atoms with Gasteiger partial charge in [0.2, 0.25) is 0 Å². The van der Waals surface area contributed by atoms with Crippen molar-refractivity contribution >= 4 is 35.0 Å². The third-order valence-corrected chi connectivity index (χ3v) is 6.54. The largest absolute Gasteiger partial charge is 0.490 e.